The van der Waals surface area contributed by atoms with E-state index in [9.17, 15) is 43.4 Å². The molecule has 21 heteroatoms. The predicted molar refractivity (Wildman–Crippen MR) is 239 cm³/mol. The number of nitrogens with two attached hydrogens (primary N) is 1. The van der Waals surface area contributed by atoms with Crippen LogP contribution in [0, 0.1) is 46.0 Å². The highest BCUT2D eigenvalue weighted by Gasteiger charge is 2.21. The first kappa shape index (κ1) is 47.7. The maximum Gasteiger partial charge on any atom is 0.273 e. The average molecular weight is 897 g/mol. The van der Waals surface area contributed by atoms with Gasteiger partial charge in [0.2, 0.25) is 11.9 Å². The van der Waals surface area contributed by atoms with E-state index in [1.165, 1.54) is 51.9 Å². The van der Waals surface area contributed by atoms with E-state index in [4.69, 9.17) is 5.73 Å². The van der Waals surface area contributed by atoms with Crippen molar-refractivity contribution in [3.63, 3.8) is 0 Å². The van der Waals surface area contributed by atoms with Crippen molar-refractivity contribution in [2.75, 3.05) is 39.3 Å². The largest absolute Gasteiger partial charge is 0.328 e. The summed E-state index contributed by atoms with van der Waals surface area (Å²) in [5.74, 6) is -1.24. The molecule has 0 amide bonds. The molecule has 19 nitrogen and oxygen atoms in total. The topological polar surface area (TPSA) is 243 Å². The van der Waals surface area contributed by atoms with E-state index in [0.717, 1.165) is 64.0 Å². The molecule has 0 atom stereocenters. The SMILES string of the molecule is Cc1ccc(C=O)cc1[N+](=O)[O-].Cc1ccc(CNC2CCN(CCn3c(=O)cnc4ccc(F)nc43)CC2)cc1[N+](=O)[O-].NC1CCN(CCn2c(=O)cnc3ccc(F)nc32)CC1. The van der Waals surface area contributed by atoms with E-state index in [2.05, 4.69) is 35.1 Å². The Morgan fingerprint density at radius 1 is 0.708 bits per heavy atom. The summed E-state index contributed by atoms with van der Waals surface area (Å²) in [5.41, 5.74) is 9.49. The van der Waals surface area contributed by atoms with Gasteiger partial charge in [-0.05, 0) is 95.5 Å². The molecule has 6 aromatic rings. The number of hydrogen-bond acceptors (Lipinski definition) is 15. The maximum atomic E-state index is 13.6. The number of carbonyl (C=O) groups is 1. The number of piperidine rings is 2. The first-order valence-electron chi connectivity index (χ1n) is 21.1. The number of carbonyl (C=O) groups excluding carboxylic acids is 1. The number of hydrogen-bond donors (Lipinski definition) is 2. The average Bonchev–Trinajstić information content (AvgIpc) is 3.29. The highest BCUT2D eigenvalue weighted by Crippen LogP contribution is 2.21. The molecule has 65 heavy (non-hydrogen) atoms. The summed E-state index contributed by atoms with van der Waals surface area (Å²) in [6.07, 6.45) is 6.91. The number of nitro benzene ring substituents is 2. The number of benzene rings is 2. The molecule has 2 saturated heterocycles. The van der Waals surface area contributed by atoms with Crippen LogP contribution in [0.4, 0.5) is 20.2 Å². The van der Waals surface area contributed by atoms with Crippen LogP contribution in [0.15, 0.2) is 82.6 Å². The first-order chi connectivity index (χ1) is 31.2. The van der Waals surface area contributed by atoms with Gasteiger partial charge in [0.15, 0.2) is 11.3 Å². The Morgan fingerprint density at radius 3 is 1.68 bits per heavy atom. The van der Waals surface area contributed by atoms with Gasteiger partial charge in [-0.25, -0.2) is 9.97 Å². The molecule has 342 valence electrons. The van der Waals surface area contributed by atoms with Crippen molar-refractivity contribution in [2.45, 2.75) is 71.2 Å². The number of aromatic nitrogens is 6. The highest BCUT2D eigenvalue weighted by atomic mass is 19.1. The fourth-order valence-electron chi connectivity index (χ4n) is 7.60. The van der Waals surface area contributed by atoms with Crippen LogP contribution in [0.5, 0.6) is 0 Å². The summed E-state index contributed by atoms with van der Waals surface area (Å²) in [5, 5.41) is 25.0. The predicted octanol–water partition coefficient (Wildman–Crippen LogP) is 4.47. The molecule has 0 unspecified atom stereocenters. The van der Waals surface area contributed by atoms with Crippen LogP contribution in [0.3, 0.4) is 0 Å². The van der Waals surface area contributed by atoms with Gasteiger partial charge in [0.05, 0.1) is 22.2 Å². The quantitative estimate of drug-likeness (QED) is 0.0745. The van der Waals surface area contributed by atoms with Crippen molar-refractivity contribution >= 4 is 40.0 Å². The molecule has 8 rings (SSSR count). The van der Waals surface area contributed by atoms with Crippen molar-refractivity contribution in [3.8, 4) is 0 Å². The molecule has 0 bridgehead atoms. The zero-order valence-electron chi connectivity index (χ0n) is 36.0. The van der Waals surface area contributed by atoms with Gasteiger partial charge in [-0.1, -0.05) is 24.3 Å². The minimum Gasteiger partial charge on any atom is -0.328 e. The number of nitro groups is 2. The number of halogens is 2. The van der Waals surface area contributed by atoms with E-state index >= 15 is 0 Å². The van der Waals surface area contributed by atoms with Crippen LogP contribution in [-0.4, -0.2) is 106 Å². The first-order valence-corrected chi connectivity index (χ1v) is 21.1. The van der Waals surface area contributed by atoms with Crippen LogP contribution in [-0.2, 0) is 19.6 Å². The molecule has 3 N–H and O–H groups in total. The number of rotatable bonds is 12. The molecule has 4 aromatic heterocycles. The van der Waals surface area contributed by atoms with Crippen LogP contribution in [0.25, 0.3) is 22.3 Å². The molecule has 0 saturated carbocycles. The van der Waals surface area contributed by atoms with Crippen molar-refractivity contribution < 1.29 is 23.4 Å². The van der Waals surface area contributed by atoms with Crippen molar-refractivity contribution in [2.24, 2.45) is 5.73 Å². The van der Waals surface area contributed by atoms with E-state index in [-0.39, 0.29) is 39.1 Å². The Morgan fingerprint density at radius 2 is 1.18 bits per heavy atom. The third-order valence-corrected chi connectivity index (χ3v) is 11.4. The van der Waals surface area contributed by atoms with E-state index in [1.54, 1.807) is 38.1 Å². The lowest BCUT2D eigenvalue weighted by molar-refractivity contribution is -0.385. The fraction of sp³-hybridized carbons (Fsp3) is 0.386. The molecule has 0 radical (unpaired) electrons. The molecular weight excluding hydrogens is 847 g/mol. The number of pyridine rings is 2. The number of nitrogens with zero attached hydrogens (tertiary/aromatic N) is 10. The molecule has 2 fully saturated rings. The molecule has 6 heterocycles. The summed E-state index contributed by atoms with van der Waals surface area (Å²) in [4.78, 5) is 75.4. The number of likely N-dealkylation sites (tertiary alicyclic amines) is 2. The van der Waals surface area contributed by atoms with E-state index in [0.29, 0.717) is 71.9 Å². The number of nitrogens with one attached hydrogen (secondary N) is 1. The lowest BCUT2D eigenvalue weighted by Gasteiger charge is -2.32. The summed E-state index contributed by atoms with van der Waals surface area (Å²) in [7, 11) is 0. The smallest absolute Gasteiger partial charge is 0.273 e. The van der Waals surface area contributed by atoms with Gasteiger partial charge in [-0.2, -0.15) is 18.7 Å². The van der Waals surface area contributed by atoms with Crippen molar-refractivity contribution in [1.29, 1.82) is 0 Å². The third-order valence-electron chi connectivity index (χ3n) is 11.4. The van der Waals surface area contributed by atoms with E-state index in [1.807, 2.05) is 6.07 Å². The number of aldehydes is 1. The molecule has 0 aliphatic carbocycles. The zero-order valence-corrected chi connectivity index (χ0v) is 36.0. The lowest BCUT2D eigenvalue weighted by atomic mass is 10.0. The van der Waals surface area contributed by atoms with Gasteiger partial charge >= 0.3 is 0 Å². The van der Waals surface area contributed by atoms with Gasteiger partial charge in [0.1, 0.15) is 17.3 Å². The second-order valence-electron chi connectivity index (χ2n) is 15.9. The van der Waals surface area contributed by atoms with Gasteiger partial charge in [0, 0.05) is 73.6 Å². The van der Waals surface area contributed by atoms with Crippen LogP contribution in [0.2, 0.25) is 0 Å². The third kappa shape index (κ3) is 12.9. The second-order valence-corrected chi connectivity index (χ2v) is 15.9. The van der Waals surface area contributed by atoms with Gasteiger partial charge < -0.3 is 20.9 Å². The van der Waals surface area contributed by atoms with Crippen LogP contribution < -0.4 is 22.2 Å². The Hall–Kier alpha value is -6.81. The van der Waals surface area contributed by atoms with Crippen LogP contribution in [0.1, 0.15) is 52.7 Å². The maximum absolute atomic E-state index is 13.6. The minimum atomic E-state index is -0.635. The molecule has 0 spiro atoms. The Balaban J connectivity index is 0.000000181. The van der Waals surface area contributed by atoms with Gasteiger partial charge in [-0.3, -0.25) is 43.7 Å². The molecular formula is C44H50F2N12O7. The standard InChI is InChI=1S/C22H25FN6O3.C14H18FN5O.C8H7NO3/c1-15-2-3-16(12-19(15)29(31)32)13-24-17-6-8-27(9-7-17)10-11-28-21(30)14-25-18-4-5-20(23)26-22(18)28;15-12-2-1-11-14(18-12)20(13(21)9-17-11)8-7-19-5-3-10(16)4-6-19;1-6-2-3-7(5-10)4-8(6)9(11)12/h2-5,12,14,17,24H,6-11,13H2,1H3;1-2,9-10H,3-8,16H2;2-5H,1H3. The second kappa shape index (κ2) is 22.2. The van der Waals surface area contributed by atoms with Gasteiger partial charge in [-0.15, -0.1) is 0 Å². The zero-order chi connectivity index (χ0) is 46.6. The van der Waals surface area contributed by atoms with Crippen molar-refractivity contribution in [3.05, 3.63) is 148 Å². The summed E-state index contributed by atoms with van der Waals surface area (Å²) < 4.78 is 29.8. The summed E-state index contributed by atoms with van der Waals surface area (Å²) in [6.45, 7) is 9.83. The van der Waals surface area contributed by atoms with Crippen LogP contribution >= 0.6 is 0 Å². The van der Waals surface area contributed by atoms with E-state index < -0.39 is 16.8 Å². The monoisotopic (exact) mass is 896 g/mol. The Kier molecular flexibility index (Phi) is 16.3. The highest BCUT2D eigenvalue weighted by molar-refractivity contribution is 5.76. The minimum absolute atomic E-state index is 0.0143. The molecule has 2 aromatic carbocycles. The molecule has 2 aliphatic heterocycles. The summed E-state index contributed by atoms with van der Waals surface area (Å²) in [6, 6.07) is 15.8. The number of aryl methyl sites for hydroxylation is 2. The van der Waals surface area contributed by atoms with Gasteiger partial charge in [0.25, 0.3) is 22.5 Å². The summed E-state index contributed by atoms with van der Waals surface area (Å²) >= 11 is 0. The normalized spacial score (nSPS) is 14.9. The van der Waals surface area contributed by atoms with Crippen molar-refractivity contribution in [1.82, 2.24) is 44.2 Å². The Bertz CT molecular complexity index is 2770. The number of fused-ring (bicyclic) bond motifs is 2. The Labute approximate surface area is 371 Å². The fourth-order valence-corrected chi connectivity index (χ4v) is 7.60. The lowest BCUT2D eigenvalue weighted by Crippen LogP contribution is -2.43. The molecule has 2 aliphatic rings.